The molecular weight excluding hydrogens is 480 g/mol. The van der Waals surface area contributed by atoms with E-state index in [2.05, 4.69) is 21.9 Å². The van der Waals surface area contributed by atoms with Gasteiger partial charge in [-0.3, -0.25) is 9.59 Å². The molecule has 3 heterocycles. The highest BCUT2D eigenvalue weighted by molar-refractivity contribution is 5.98. The Morgan fingerprint density at radius 3 is 2.74 bits per heavy atom. The van der Waals surface area contributed by atoms with Crippen molar-refractivity contribution in [2.45, 2.75) is 25.4 Å². The Kier molecular flexibility index (Phi) is 6.82. The highest BCUT2D eigenvalue weighted by atomic mass is 16.2. The van der Waals surface area contributed by atoms with Crippen molar-refractivity contribution in [3.05, 3.63) is 84.2 Å². The van der Waals surface area contributed by atoms with E-state index in [4.69, 9.17) is 10.8 Å². The number of fused-ring (bicyclic) bond motifs is 1. The second-order valence-corrected chi connectivity index (χ2v) is 9.07. The third kappa shape index (κ3) is 4.69. The molecule has 1 aliphatic rings. The molecule has 0 bridgehead atoms. The van der Waals surface area contributed by atoms with Gasteiger partial charge in [-0.1, -0.05) is 43.0 Å². The number of anilines is 1. The smallest absolute Gasteiger partial charge is 0.252 e. The van der Waals surface area contributed by atoms with Crippen molar-refractivity contribution >= 4 is 28.7 Å². The molecular formula is C28H26N8O2. The molecule has 1 atom stereocenters. The van der Waals surface area contributed by atoms with Gasteiger partial charge in [-0.25, -0.2) is 14.6 Å². The fraction of sp³-hybridized carbons (Fsp3) is 0.214. The molecule has 0 aliphatic carbocycles. The van der Waals surface area contributed by atoms with Gasteiger partial charge in [0.1, 0.15) is 17.8 Å². The molecule has 0 spiro atoms. The summed E-state index contributed by atoms with van der Waals surface area (Å²) in [4.78, 5) is 35.2. The zero-order valence-electron chi connectivity index (χ0n) is 20.7. The van der Waals surface area contributed by atoms with Gasteiger partial charge in [0, 0.05) is 25.2 Å². The Morgan fingerprint density at radius 2 is 1.97 bits per heavy atom. The zero-order valence-corrected chi connectivity index (χ0v) is 20.7. The molecule has 5 rings (SSSR count). The number of amides is 2. The molecule has 1 saturated heterocycles. The molecule has 4 aromatic rings. The maximum Gasteiger partial charge on any atom is 0.252 e. The van der Waals surface area contributed by atoms with Crippen LogP contribution in [-0.4, -0.2) is 49.6 Å². The number of carbonyl (C=O) groups excluding carboxylic acids is 2. The average molecular weight is 507 g/mol. The van der Waals surface area contributed by atoms with Gasteiger partial charge < -0.3 is 16.0 Å². The number of likely N-dealkylation sites (tertiary alicyclic amines) is 1. The van der Waals surface area contributed by atoms with Crippen LogP contribution < -0.4 is 11.1 Å². The van der Waals surface area contributed by atoms with Gasteiger partial charge >= 0.3 is 0 Å². The van der Waals surface area contributed by atoms with Crippen LogP contribution >= 0.6 is 0 Å². The van der Waals surface area contributed by atoms with Crippen LogP contribution in [0.25, 0.3) is 22.3 Å². The minimum atomic E-state index is -0.308. The topological polar surface area (TPSA) is 143 Å². The van der Waals surface area contributed by atoms with Crippen molar-refractivity contribution in [3.63, 3.8) is 0 Å². The Balaban J connectivity index is 1.39. The number of nitriles is 1. The minimum Gasteiger partial charge on any atom is -0.383 e. The number of nitrogens with zero attached hydrogens (tertiary/aromatic N) is 6. The predicted octanol–water partition coefficient (Wildman–Crippen LogP) is 3.23. The average Bonchev–Trinajstić information content (AvgIpc) is 3.37. The summed E-state index contributed by atoms with van der Waals surface area (Å²) >= 11 is 0. The standard InChI is InChI=1S/C28H26N8O2/c1-2-23(37)35-13-5-7-21(16-35)36-27-24(26(30)32-17-33-27)25(34-36)19-11-9-18(10-12-19)15-31-28(38)22-8-4-3-6-20(22)14-29/h2-4,6,8-12,17,21H,1,5,7,13,15-16H2,(H,31,38)(H2,30,32,33)/t21-/m1/s1. The first-order valence-electron chi connectivity index (χ1n) is 12.3. The molecule has 3 N–H and O–H groups in total. The minimum absolute atomic E-state index is 0.0519. The van der Waals surface area contributed by atoms with E-state index >= 15 is 0 Å². The first kappa shape index (κ1) is 24.6. The van der Waals surface area contributed by atoms with Crippen molar-refractivity contribution in [2.24, 2.45) is 0 Å². The highest BCUT2D eigenvalue weighted by Gasteiger charge is 2.28. The lowest BCUT2D eigenvalue weighted by molar-refractivity contribution is -0.127. The fourth-order valence-electron chi connectivity index (χ4n) is 4.77. The predicted molar refractivity (Wildman–Crippen MR) is 143 cm³/mol. The molecule has 2 amide bonds. The Labute approximate surface area is 219 Å². The lowest BCUT2D eigenvalue weighted by Crippen LogP contribution is -2.40. The summed E-state index contributed by atoms with van der Waals surface area (Å²) in [6.45, 7) is 5.10. The summed E-state index contributed by atoms with van der Waals surface area (Å²) in [5.41, 5.74) is 9.94. The van der Waals surface area contributed by atoms with E-state index in [0.29, 0.717) is 53.3 Å². The summed E-state index contributed by atoms with van der Waals surface area (Å²) in [5.74, 6) is -0.0738. The van der Waals surface area contributed by atoms with E-state index in [9.17, 15) is 14.9 Å². The number of nitrogens with one attached hydrogen (secondary N) is 1. The van der Waals surface area contributed by atoms with E-state index in [0.717, 1.165) is 24.0 Å². The molecule has 2 aromatic heterocycles. The van der Waals surface area contributed by atoms with E-state index in [-0.39, 0.29) is 17.9 Å². The number of benzene rings is 2. The quantitative estimate of drug-likeness (QED) is 0.382. The molecule has 0 saturated carbocycles. The molecule has 38 heavy (non-hydrogen) atoms. The largest absolute Gasteiger partial charge is 0.383 e. The van der Waals surface area contributed by atoms with Crippen LogP contribution in [0.3, 0.4) is 0 Å². The lowest BCUT2D eigenvalue weighted by atomic mass is 10.1. The van der Waals surface area contributed by atoms with Gasteiger partial charge in [-0.05, 0) is 36.6 Å². The number of aromatic nitrogens is 4. The monoisotopic (exact) mass is 506 g/mol. The second-order valence-electron chi connectivity index (χ2n) is 9.07. The number of hydrogen-bond donors (Lipinski definition) is 2. The molecule has 10 heteroatoms. The summed E-state index contributed by atoms with van der Waals surface area (Å²) in [7, 11) is 0. The van der Waals surface area contributed by atoms with E-state index < -0.39 is 0 Å². The number of nitrogens with two attached hydrogens (primary N) is 1. The summed E-state index contributed by atoms with van der Waals surface area (Å²) in [5, 5.41) is 17.7. The molecule has 190 valence electrons. The van der Waals surface area contributed by atoms with Crippen LogP contribution in [0.4, 0.5) is 5.82 Å². The van der Waals surface area contributed by atoms with Crippen LogP contribution in [-0.2, 0) is 11.3 Å². The van der Waals surface area contributed by atoms with Crippen molar-refractivity contribution in [1.29, 1.82) is 5.26 Å². The lowest BCUT2D eigenvalue weighted by Gasteiger charge is -2.32. The third-order valence-corrected chi connectivity index (χ3v) is 6.72. The number of piperidine rings is 1. The van der Waals surface area contributed by atoms with Gasteiger partial charge in [-0.15, -0.1) is 0 Å². The number of carbonyl (C=O) groups is 2. The van der Waals surface area contributed by atoms with Gasteiger partial charge in [0.05, 0.1) is 28.6 Å². The normalized spacial score (nSPS) is 15.1. The molecule has 1 fully saturated rings. The van der Waals surface area contributed by atoms with E-state index in [1.165, 1.54) is 12.4 Å². The molecule has 1 aliphatic heterocycles. The van der Waals surface area contributed by atoms with Crippen molar-refractivity contribution in [2.75, 3.05) is 18.8 Å². The number of nitrogen functional groups attached to an aromatic ring is 1. The van der Waals surface area contributed by atoms with Gasteiger partial charge in [-0.2, -0.15) is 10.4 Å². The highest BCUT2D eigenvalue weighted by Crippen LogP contribution is 2.33. The van der Waals surface area contributed by atoms with Crippen LogP contribution in [0.2, 0.25) is 0 Å². The summed E-state index contributed by atoms with van der Waals surface area (Å²) in [6.07, 6.45) is 4.46. The van der Waals surface area contributed by atoms with Gasteiger partial charge in [0.2, 0.25) is 5.91 Å². The maximum absolute atomic E-state index is 12.6. The van der Waals surface area contributed by atoms with Gasteiger partial charge in [0.25, 0.3) is 5.91 Å². The summed E-state index contributed by atoms with van der Waals surface area (Å²) < 4.78 is 1.85. The first-order chi connectivity index (χ1) is 18.5. The zero-order chi connectivity index (χ0) is 26.6. The molecule has 10 nitrogen and oxygen atoms in total. The van der Waals surface area contributed by atoms with Crippen molar-refractivity contribution in [1.82, 2.24) is 30.0 Å². The SMILES string of the molecule is C=CC(=O)N1CCC[C@@H](n2nc(-c3ccc(CNC(=O)c4ccccc4C#N)cc3)c3c(N)ncnc32)C1. The third-order valence-electron chi connectivity index (χ3n) is 6.72. The molecule has 0 unspecified atom stereocenters. The first-order valence-corrected chi connectivity index (χ1v) is 12.3. The van der Waals surface area contributed by atoms with E-state index in [1.54, 1.807) is 29.2 Å². The number of rotatable bonds is 6. The van der Waals surface area contributed by atoms with Gasteiger partial charge in [0.15, 0.2) is 5.65 Å². The molecule has 0 radical (unpaired) electrons. The fourth-order valence-corrected chi connectivity index (χ4v) is 4.77. The van der Waals surface area contributed by atoms with Crippen LogP contribution in [0.1, 0.15) is 40.4 Å². The maximum atomic E-state index is 12.6. The Morgan fingerprint density at radius 1 is 1.18 bits per heavy atom. The van der Waals surface area contributed by atoms with Crippen LogP contribution in [0.5, 0.6) is 0 Å². The summed E-state index contributed by atoms with van der Waals surface area (Å²) in [6, 6.07) is 16.3. The Bertz CT molecular complexity index is 1570. The Hall–Kier alpha value is -5.04. The number of hydrogen-bond acceptors (Lipinski definition) is 7. The van der Waals surface area contributed by atoms with Crippen molar-refractivity contribution in [3.8, 4) is 17.3 Å². The van der Waals surface area contributed by atoms with Crippen molar-refractivity contribution < 1.29 is 9.59 Å². The molecule has 2 aromatic carbocycles. The van der Waals surface area contributed by atoms with E-state index in [1.807, 2.05) is 35.0 Å². The van der Waals surface area contributed by atoms with Crippen LogP contribution in [0.15, 0.2) is 67.5 Å². The second kappa shape index (κ2) is 10.5. The van der Waals surface area contributed by atoms with Crippen LogP contribution in [0, 0.1) is 11.3 Å².